The highest BCUT2D eigenvalue weighted by molar-refractivity contribution is 5.98. The third-order valence-electron chi connectivity index (χ3n) is 17.0. The van der Waals surface area contributed by atoms with E-state index in [2.05, 4.69) is 39.6 Å². The quantitative estimate of drug-likeness (QED) is 0.197. The van der Waals surface area contributed by atoms with E-state index < -0.39 is 0 Å². The zero-order valence-electron chi connectivity index (χ0n) is 35.8. The predicted molar refractivity (Wildman–Crippen MR) is 223 cm³/mol. The Balaban J connectivity index is 0.799. The van der Waals surface area contributed by atoms with Gasteiger partial charge in [0, 0.05) is 58.1 Å². The minimum Gasteiger partial charge on any atom is -0.445 e. The first-order valence-corrected chi connectivity index (χ1v) is 23.0. The largest absolute Gasteiger partial charge is 0.445 e. The molecular weight excluding hydrogens is 733 g/mol. The summed E-state index contributed by atoms with van der Waals surface area (Å²) in [6, 6.07) is 3.57. The molecule has 1 aromatic rings. The number of hydrogen-bond acceptors (Lipinski definition) is 7. The topological polar surface area (TPSA) is 144 Å². The lowest BCUT2D eigenvalue weighted by molar-refractivity contribution is -0.203. The van der Waals surface area contributed by atoms with Gasteiger partial charge in [0.05, 0.1) is 12.2 Å². The third kappa shape index (κ3) is 8.42. The summed E-state index contributed by atoms with van der Waals surface area (Å²) in [5.41, 5.74) is 0.424. The number of likely N-dealkylation sites (tertiary alicyclic amines) is 1. The predicted octanol–water partition coefficient (Wildman–Crippen LogP) is 6.36. The van der Waals surface area contributed by atoms with E-state index in [9.17, 15) is 29.4 Å². The average molecular weight is 805 g/mol. The number of hydrogen-bond donors (Lipinski definition) is 3. The number of aliphatic hydroxyl groups excluding tert-OH is 2. The summed E-state index contributed by atoms with van der Waals surface area (Å²) < 4.78 is 5.93. The van der Waals surface area contributed by atoms with Crippen LogP contribution in [0.5, 0.6) is 0 Å². The van der Waals surface area contributed by atoms with Crippen LogP contribution in [0.25, 0.3) is 0 Å². The van der Waals surface area contributed by atoms with E-state index in [-0.39, 0.29) is 59.1 Å². The van der Waals surface area contributed by atoms with Gasteiger partial charge < -0.3 is 29.7 Å². The van der Waals surface area contributed by atoms with Gasteiger partial charge in [-0.2, -0.15) is 0 Å². The van der Waals surface area contributed by atoms with Crippen LogP contribution in [0.3, 0.4) is 0 Å². The lowest BCUT2D eigenvalue weighted by Crippen LogP contribution is -2.62. The smallest absolute Gasteiger partial charge is 0.248 e. The minimum absolute atomic E-state index is 0.00988. The van der Waals surface area contributed by atoms with Gasteiger partial charge in [-0.3, -0.25) is 24.1 Å². The summed E-state index contributed by atoms with van der Waals surface area (Å²) >= 11 is 0. The molecule has 11 heteroatoms. The second kappa shape index (κ2) is 17.8. The van der Waals surface area contributed by atoms with Crippen molar-refractivity contribution < 1.29 is 33.8 Å². The SMILES string of the molecule is C=CC(=O)N1CCN(c2ccc(CCC(=O)N3CCC(CCNC(=O)CC[C@@H](C)[C@H]4CC[C@H]5[C@@H]6[C@H](O)C(CC)C7C[C@H](O)CC[C@]7(C)[C@H]6CC[C@]45C)CC3)o2)C(=O)C1. The van der Waals surface area contributed by atoms with Crippen LogP contribution in [0.15, 0.2) is 29.2 Å². The first-order chi connectivity index (χ1) is 27.8. The first kappa shape index (κ1) is 42.9. The Morgan fingerprint density at radius 2 is 1.69 bits per heavy atom. The number of aliphatic hydroxyl groups is 2. The van der Waals surface area contributed by atoms with Crippen LogP contribution < -0.4 is 10.2 Å². The monoisotopic (exact) mass is 805 g/mol. The van der Waals surface area contributed by atoms with E-state index in [1.807, 2.05) is 11.0 Å². The normalized spacial score (nSPS) is 35.8. The molecule has 6 aliphatic rings. The van der Waals surface area contributed by atoms with Crippen molar-refractivity contribution in [2.24, 2.45) is 58.2 Å². The molecule has 3 N–H and O–H groups in total. The summed E-state index contributed by atoms with van der Waals surface area (Å²) in [4.78, 5) is 55.6. The van der Waals surface area contributed by atoms with Crippen molar-refractivity contribution in [3.63, 3.8) is 0 Å². The second-order valence-electron chi connectivity index (χ2n) is 19.8. The van der Waals surface area contributed by atoms with Gasteiger partial charge in [-0.1, -0.05) is 40.7 Å². The average Bonchev–Trinajstić information content (AvgIpc) is 3.84. The fourth-order valence-corrected chi connectivity index (χ4v) is 13.7. The number of carbonyl (C=O) groups is 4. The summed E-state index contributed by atoms with van der Waals surface area (Å²) in [5, 5.41) is 25.9. The maximum absolute atomic E-state index is 13.1. The van der Waals surface area contributed by atoms with Gasteiger partial charge in [-0.25, -0.2) is 0 Å². The molecule has 58 heavy (non-hydrogen) atoms. The zero-order valence-corrected chi connectivity index (χ0v) is 35.8. The number of nitrogens with one attached hydrogen (secondary N) is 1. The van der Waals surface area contributed by atoms with Crippen molar-refractivity contribution in [3.05, 3.63) is 30.5 Å². The van der Waals surface area contributed by atoms with E-state index in [0.29, 0.717) is 92.0 Å². The number of amides is 4. The number of piperidine rings is 1. The van der Waals surface area contributed by atoms with Crippen LogP contribution in [0.2, 0.25) is 0 Å². The fraction of sp³-hybridized carbons (Fsp3) is 0.787. The first-order valence-electron chi connectivity index (χ1n) is 23.0. The van der Waals surface area contributed by atoms with Crippen LogP contribution in [0.1, 0.15) is 123 Å². The lowest BCUT2D eigenvalue weighted by Gasteiger charge is -2.64. The highest BCUT2D eigenvalue weighted by Crippen LogP contribution is 2.69. The number of nitrogens with zero attached hydrogens (tertiary/aromatic N) is 3. The van der Waals surface area contributed by atoms with Gasteiger partial charge in [0.15, 0.2) is 0 Å². The van der Waals surface area contributed by atoms with Crippen molar-refractivity contribution in [1.82, 2.24) is 15.1 Å². The van der Waals surface area contributed by atoms with E-state index in [0.717, 1.165) is 64.5 Å². The molecule has 4 saturated carbocycles. The molecule has 11 nitrogen and oxygen atoms in total. The van der Waals surface area contributed by atoms with Crippen LogP contribution in [-0.2, 0) is 25.6 Å². The second-order valence-corrected chi connectivity index (χ2v) is 19.8. The molecule has 3 heterocycles. The van der Waals surface area contributed by atoms with Crippen molar-refractivity contribution in [2.45, 2.75) is 136 Å². The number of piperazine rings is 1. The Hall–Kier alpha value is -3.18. The molecular formula is C47H72N4O7. The van der Waals surface area contributed by atoms with Crippen molar-refractivity contribution in [2.75, 3.05) is 44.2 Å². The Morgan fingerprint density at radius 1 is 0.948 bits per heavy atom. The minimum atomic E-state index is -0.275. The van der Waals surface area contributed by atoms with Gasteiger partial charge in [0.2, 0.25) is 29.5 Å². The molecule has 2 unspecified atom stereocenters. The molecule has 0 bridgehead atoms. The number of carbonyl (C=O) groups excluding carboxylic acids is 4. The molecule has 2 aliphatic heterocycles. The summed E-state index contributed by atoms with van der Waals surface area (Å²) in [6.45, 7) is 16.0. The van der Waals surface area contributed by atoms with Gasteiger partial charge in [-0.15, -0.1) is 0 Å². The number of furan rings is 1. The maximum Gasteiger partial charge on any atom is 0.248 e. The van der Waals surface area contributed by atoms with Gasteiger partial charge in [-0.05, 0) is 141 Å². The summed E-state index contributed by atoms with van der Waals surface area (Å²) in [6.07, 6.45) is 14.4. The van der Waals surface area contributed by atoms with Crippen molar-refractivity contribution in [1.29, 1.82) is 0 Å². The Kier molecular flexibility index (Phi) is 13.2. The zero-order chi connectivity index (χ0) is 41.4. The highest BCUT2D eigenvalue weighted by Gasteiger charge is 2.64. The molecule has 1 aromatic heterocycles. The molecule has 6 fully saturated rings. The Morgan fingerprint density at radius 3 is 2.41 bits per heavy atom. The van der Waals surface area contributed by atoms with Crippen molar-refractivity contribution in [3.8, 4) is 0 Å². The van der Waals surface area contributed by atoms with E-state index in [1.165, 1.54) is 36.7 Å². The Labute approximate surface area is 346 Å². The fourth-order valence-electron chi connectivity index (χ4n) is 13.7. The van der Waals surface area contributed by atoms with Crippen LogP contribution >= 0.6 is 0 Å². The summed E-state index contributed by atoms with van der Waals surface area (Å²) in [7, 11) is 0. The Bertz CT molecular complexity index is 1650. The van der Waals surface area contributed by atoms with Crippen molar-refractivity contribution >= 4 is 29.5 Å². The molecule has 11 atom stereocenters. The van der Waals surface area contributed by atoms with Gasteiger partial charge in [0.1, 0.15) is 12.3 Å². The van der Waals surface area contributed by atoms with Crippen LogP contribution in [0.4, 0.5) is 5.88 Å². The molecule has 7 rings (SSSR count). The molecule has 2 saturated heterocycles. The molecule has 0 spiro atoms. The van der Waals surface area contributed by atoms with E-state index >= 15 is 0 Å². The standard InChI is InChI=1S/C47H72N4O7/c1-6-34-38-28-32(52)16-21-47(38,5)37-17-22-46(4)35(11-12-36(46)44(37)45(34)57)30(3)8-13-39(53)48-23-18-31-19-24-49(25-20-31)41(55)14-9-33-10-15-43(58-33)51-27-26-50(29-42(51)56)40(54)7-2/h7,10,15,30-32,34-38,44-45,52,57H,2,6,8-9,11-14,16-29H2,1,3-5H3,(H,48,53)/t30-,32-,34?,35-,36+,37+,38?,44+,45-,46-,47-/m1/s1. The highest BCUT2D eigenvalue weighted by atomic mass is 16.4. The number of aryl methyl sites for hydroxylation is 1. The molecule has 4 amide bonds. The van der Waals surface area contributed by atoms with Crippen LogP contribution in [-0.4, -0.2) is 95.1 Å². The van der Waals surface area contributed by atoms with E-state index in [4.69, 9.17) is 4.42 Å². The number of rotatable bonds is 13. The molecule has 322 valence electrons. The van der Waals surface area contributed by atoms with E-state index in [1.54, 1.807) is 11.0 Å². The lowest BCUT2D eigenvalue weighted by atomic mass is 9.41. The number of anilines is 1. The molecule has 0 aromatic carbocycles. The van der Waals surface area contributed by atoms with Gasteiger partial charge >= 0.3 is 0 Å². The maximum atomic E-state index is 13.1. The number of fused-ring (bicyclic) bond motifs is 5. The molecule has 0 radical (unpaired) electrons. The van der Waals surface area contributed by atoms with Gasteiger partial charge in [0.25, 0.3) is 0 Å². The molecule has 4 aliphatic carbocycles. The van der Waals surface area contributed by atoms with Crippen LogP contribution in [0, 0.1) is 58.2 Å². The third-order valence-corrected chi connectivity index (χ3v) is 17.0. The summed E-state index contributed by atoms with van der Waals surface area (Å²) in [5.74, 6) is 4.55.